The molecule has 1 rings (SSSR count). The number of rotatable bonds is 19. The monoisotopic (exact) mass is 372 g/mol. The second kappa shape index (κ2) is 18.6. The van der Waals surface area contributed by atoms with Gasteiger partial charge in [-0.2, -0.15) is 0 Å². The first-order valence-electron chi connectivity index (χ1n) is 12.4. The fourth-order valence-corrected chi connectivity index (χ4v) is 4.12. The van der Waals surface area contributed by atoms with E-state index in [1.807, 2.05) is 0 Å². The van der Waals surface area contributed by atoms with Gasteiger partial charge in [-0.05, 0) is 17.9 Å². The van der Waals surface area contributed by atoms with Crippen LogP contribution in [0.3, 0.4) is 0 Å². The SMILES string of the molecule is CCCCCCCCCCCCCCCCCCCC(C)c1ccccc1. The Kier molecular flexibility index (Phi) is 16.7. The zero-order valence-electron chi connectivity index (χ0n) is 18.7. The first-order chi connectivity index (χ1) is 13.3. The van der Waals surface area contributed by atoms with E-state index in [1.54, 1.807) is 0 Å². The molecular weight excluding hydrogens is 324 g/mol. The van der Waals surface area contributed by atoms with E-state index >= 15 is 0 Å². The van der Waals surface area contributed by atoms with Crippen molar-refractivity contribution >= 4 is 0 Å². The van der Waals surface area contributed by atoms with Crippen molar-refractivity contribution in [1.29, 1.82) is 0 Å². The standard InChI is InChI=1S/C27H48/c1-3-4-5-6-7-8-9-10-11-12-13-14-15-16-17-18-20-23-26(2)27-24-21-19-22-25-27/h19,21-22,24-26H,3-18,20,23H2,1-2H3. The summed E-state index contributed by atoms with van der Waals surface area (Å²) >= 11 is 0. The van der Waals surface area contributed by atoms with Gasteiger partial charge in [0.25, 0.3) is 0 Å². The third-order valence-electron chi connectivity index (χ3n) is 6.11. The van der Waals surface area contributed by atoms with Crippen LogP contribution in [0, 0.1) is 0 Å². The lowest BCUT2D eigenvalue weighted by Gasteiger charge is -2.11. The summed E-state index contributed by atoms with van der Waals surface area (Å²) in [5, 5.41) is 0. The van der Waals surface area contributed by atoms with Gasteiger partial charge < -0.3 is 0 Å². The molecule has 0 N–H and O–H groups in total. The Bertz CT molecular complexity index is 394. The molecule has 0 heteroatoms. The Morgan fingerprint density at radius 3 is 1.30 bits per heavy atom. The Morgan fingerprint density at radius 1 is 0.519 bits per heavy atom. The maximum atomic E-state index is 2.38. The van der Waals surface area contributed by atoms with Gasteiger partial charge in [0.2, 0.25) is 0 Å². The second-order valence-electron chi connectivity index (χ2n) is 8.76. The minimum absolute atomic E-state index is 0.725. The molecule has 1 unspecified atom stereocenters. The summed E-state index contributed by atoms with van der Waals surface area (Å²) in [6.45, 7) is 4.68. The summed E-state index contributed by atoms with van der Waals surface area (Å²) < 4.78 is 0. The molecule has 0 radical (unpaired) electrons. The van der Waals surface area contributed by atoms with E-state index in [-0.39, 0.29) is 0 Å². The van der Waals surface area contributed by atoms with Crippen LogP contribution in [0.1, 0.15) is 141 Å². The second-order valence-corrected chi connectivity index (χ2v) is 8.76. The Labute approximate surface area is 171 Å². The summed E-state index contributed by atoms with van der Waals surface area (Å²) in [7, 11) is 0. The van der Waals surface area contributed by atoms with Crippen molar-refractivity contribution in [2.75, 3.05) is 0 Å². The molecule has 1 aromatic carbocycles. The van der Waals surface area contributed by atoms with E-state index in [1.165, 1.54) is 121 Å². The molecule has 156 valence electrons. The average molecular weight is 373 g/mol. The Hall–Kier alpha value is -0.780. The van der Waals surface area contributed by atoms with Crippen LogP contribution in [0.5, 0.6) is 0 Å². The first-order valence-corrected chi connectivity index (χ1v) is 12.4. The lowest BCUT2D eigenvalue weighted by molar-refractivity contribution is 0.519. The molecule has 0 heterocycles. The normalized spacial score (nSPS) is 12.4. The predicted octanol–water partition coefficient (Wildman–Crippen LogP) is 9.83. The third-order valence-corrected chi connectivity index (χ3v) is 6.11. The summed E-state index contributed by atoms with van der Waals surface area (Å²) in [4.78, 5) is 0. The highest BCUT2D eigenvalue weighted by Crippen LogP contribution is 2.22. The first kappa shape index (κ1) is 24.3. The summed E-state index contributed by atoms with van der Waals surface area (Å²) in [6.07, 6.45) is 26.1. The van der Waals surface area contributed by atoms with Crippen molar-refractivity contribution < 1.29 is 0 Å². The van der Waals surface area contributed by atoms with E-state index in [9.17, 15) is 0 Å². The molecule has 1 atom stereocenters. The Morgan fingerprint density at radius 2 is 0.889 bits per heavy atom. The van der Waals surface area contributed by atoms with Crippen LogP contribution in [0.2, 0.25) is 0 Å². The summed E-state index contributed by atoms with van der Waals surface area (Å²) in [5.74, 6) is 0.725. The van der Waals surface area contributed by atoms with Gasteiger partial charge in [-0.1, -0.05) is 153 Å². The molecule has 0 aromatic heterocycles. The molecule has 0 amide bonds. The van der Waals surface area contributed by atoms with Crippen LogP contribution in [0.4, 0.5) is 0 Å². The van der Waals surface area contributed by atoms with E-state index in [0.717, 1.165) is 5.92 Å². The van der Waals surface area contributed by atoms with Gasteiger partial charge >= 0.3 is 0 Å². The lowest BCUT2D eigenvalue weighted by Crippen LogP contribution is -1.93. The van der Waals surface area contributed by atoms with Gasteiger partial charge in [0.1, 0.15) is 0 Å². The fraction of sp³-hybridized carbons (Fsp3) is 0.778. The third kappa shape index (κ3) is 14.9. The van der Waals surface area contributed by atoms with Crippen molar-refractivity contribution in [3.05, 3.63) is 35.9 Å². The maximum absolute atomic E-state index is 2.38. The number of hydrogen-bond donors (Lipinski definition) is 0. The molecule has 1 aromatic rings. The van der Waals surface area contributed by atoms with Crippen molar-refractivity contribution in [3.63, 3.8) is 0 Å². The molecule has 0 fully saturated rings. The van der Waals surface area contributed by atoms with Gasteiger partial charge in [-0.25, -0.2) is 0 Å². The van der Waals surface area contributed by atoms with Crippen molar-refractivity contribution in [2.45, 2.75) is 135 Å². The number of unbranched alkanes of at least 4 members (excludes halogenated alkanes) is 16. The number of hydrogen-bond acceptors (Lipinski definition) is 0. The van der Waals surface area contributed by atoms with Gasteiger partial charge in [0.05, 0.1) is 0 Å². The quantitative estimate of drug-likeness (QED) is 0.212. The van der Waals surface area contributed by atoms with Crippen LogP contribution in [0.25, 0.3) is 0 Å². The molecule has 0 bridgehead atoms. The van der Waals surface area contributed by atoms with Gasteiger partial charge in [-0.15, -0.1) is 0 Å². The van der Waals surface area contributed by atoms with E-state index in [0.29, 0.717) is 0 Å². The minimum atomic E-state index is 0.725. The Balaban J connectivity index is 1.74. The minimum Gasteiger partial charge on any atom is -0.0654 e. The smallest absolute Gasteiger partial charge is 0.0190 e. The molecular formula is C27H48. The molecule has 0 aliphatic rings. The van der Waals surface area contributed by atoms with E-state index < -0.39 is 0 Å². The largest absolute Gasteiger partial charge is 0.0654 e. The molecule has 0 nitrogen and oxygen atoms in total. The van der Waals surface area contributed by atoms with Crippen molar-refractivity contribution in [3.8, 4) is 0 Å². The molecule has 0 aliphatic heterocycles. The van der Waals surface area contributed by atoms with Gasteiger partial charge in [0.15, 0.2) is 0 Å². The van der Waals surface area contributed by atoms with Crippen molar-refractivity contribution in [2.24, 2.45) is 0 Å². The van der Waals surface area contributed by atoms with Gasteiger partial charge in [-0.3, -0.25) is 0 Å². The highest BCUT2D eigenvalue weighted by atomic mass is 14.1. The average Bonchev–Trinajstić information content (AvgIpc) is 2.70. The van der Waals surface area contributed by atoms with Crippen LogP contribution in [0.15, 0.2) is 30.3 Å². The fourth-order valence-electron chi connectivity index (χ4n) is 4.12. The highest BCUT2D eigenvalue weighted by molar-refractivity contribution is 5.18. The highest BCUT2D eigenvalue weighted by Gasteiger charge is 2.04. The zero-order chi connectivity index (χ0) is 19.4. The maximum Gasteiger partial charge on any atom is -0.0190 e. The van der Waals surface area contributed by atoms with E-state index in [4.69, 9.17) is 0 Å². The molecule has 0 saturated carbocycles. The number of benzene rings is 1. The van der Waals surface area contributed by atoms with Crippen LogP contribution >= 0.6 is 0 Å². The lowest BCUT2D eigenvalue weighted by atomic mass is 9.95. The van der Waals surface area contributed by atoms with Crippen LogP contribution in [-0.2, 0) is 0 Å². The summed E-state index contributed by atoms with van der Waals surface area (Å²) in [5.41, 5.74) is 1.51. The topological polar surface area (TPSA) is 0 Å². The molecule has 0 aliphatic carbocycles. The summed E-state index contributed by atoms with van der Waals surface area (Å²) in [6, 6.07) is 11.0. The van der Waals surface area contributed by atoms with Gasteiger partial charge in [0, 0.05) is 0 Å². The van der Waals surface area contributed by atoms with E-state index in [2.05, 4.69) is 44.2 Å². The predicted molar refractivity (Wildman–Crippen MR) is 124 cm³/mol. The molecule has 27 heavy (non-hydrogen) atoms. The molecule has 0 saturated heterocycles. The zero-order valence-corrected chi connectivity index (χ0v) is 18.7. The van der Waals surface area contributed by atoms with Crippen LogP contribution < -0.4 is 0 Å². The molecule has 0 spiro atoms. The van der Waals surface area contributed by atoms with Crippen molar-refractivity contribution in [1.82, 2.24) is 0 Å². The van der Waals surface area contributed by atoms with Crippen LogP contribution in [-0.4, -0.2) is 0 Å².